The van der Waals surface area contributed by atoms with Gasteiger partial charge in [0, 0.05) is 0 Å². The molecule has 0 saturated carbocycles. The molecule has 10 heavy (non-hydrogen) atoms. The Bertz CT molecular complexity index is 296. The van der Waals surface area contributed by atoms with Gasteiger partial charge in [-0.05, 0) is 6.07 Å². The molecule has 1 heterocycles. The maximum absolute atomic E-state index is 10.2. The molecule has 0 bridgehead atoms. The number of carbonyl (C=O) groups is 1. The third kappa shape index (κ3) is 0.821. The molecule has 0 aliphatic carbocycles. The number of rotatable bonds is 0. The van der Waals surface area contributed by atoms with E-state index in [0.717, 1.165) is 0 Å². The van der Waals surface area contributed by atoms with Crippen LogP contribution < -0.4 is 0 Å². The lowest BCUT2D eigenvalue weighted by Gasteiger charge is -1.89. The summed E-state index contributed by atoms with van der Waals surface area (Å²) in [6.07, 6.45) is 0.00806. The van der Waals surface area contributed by atoms with Crippen LogP contribution in [0.25, 0.3) is 0 Å². The second-order valence-electron chi connectivity index (χ2n) is 1.52. The van der Waals surface area contributed by atoms with Crippen molar-refractivity contribution in [1.29, 1.82) is 5.26 Å². The number of hydrogen-bond acceptors (Lipinski definition) is 3. The monoisotopic (exact) mass is 137 g/mol. The van der Waals surface area contributed by atoms with Crippen molar-refractivity contribution < 1.29 is 9.90 Å². The summed E-state index contributed by atoms with van der Waals surface area (Å²) in [7, 11) is 0. The van der Waals surface area contributed by atoms with Crippen molar-refractivity contribution in [2.24, 2.45) is 0 Å². The van der Waals surface area contributed by atoms with Crippen molar-refractivity contribution in [1.82, 2.24) is 9.78 Å². The minimum atomic E-state index is -1.25. The van der Waals surface area contributed by atoms with Crippen LogP contribution in [0.5, 0.6) is 0 Å². The van der Waals surface area contributed by atoms with E-state index in [2.05, 4.69) is 5.10 Å². The molecule has 0 aromatic carbocycles. The molecule has 5 nitrogen and oxygen atoms in total. The van der Waals surface area contributed by atoms with Crippen LogP contribution in [0.15, 0.2) is 12.3 Å². The van der Waals surface area contributed by atoms with Gasteiger partial charge in [-0.2, -0.15) is 15.0 Å². The average Bonchev–Trinajstić information content (AvgIpc) is 2.33. The molecule has 0 saturated heterocycles. The topological polar surface area (TPSA) is 78.9 Å². The molecule has 0 aliphatic rings. The summed E-state index contributed by atoms with van der Waals surface area (Å²) in [5.74, 6) is 0. The molecule has 1 aromatic rings. The van der Waals surface area contributed by atoms with Gasteiger partial charge in [0.15, 0.2) is 5.69 Å². The smallest absolute Gasteiger partial charge is 0.433 e. The molecule has 5 heteroatoms. The Morgan fingerprint density at radius 2 is 2.60 bits per heavy atom. The van der Waals surface area contributed by atoms with Gasteiger partial charge in [0.05, 0.1) is 6.20 Å². The number of nitriles is 1. The van der Waals surface area contributed by atoms with Crippen LogP contribution in [0.4, 0.5) is 4.79 Å². The minimum absolute atomic E-state index is 0.0208. The van der Waals surface area contributed by atoms with Crippen molar-refractivity contribution in [3.8, 4) is 6.07 Å². The molecule has 1 rings (SSSR count). The zero-order chi connectivity index (χ0) is 7.56. The van der Waals surface area contributed by atoms with Gasteiger partial charge in [0.25, 0.3) is 0 Å². The van der Waals surface area contributed by atoms with Gasteiger partial charge in [-0.3, -0.25) is 0 Å². The highest BCUT2D eigenvalue weighted by Gasteiger charge is 2.06. The van der Waals surface area contributed by atoms with Crippen molar-refractivity contribution in [2.75, 3.05) is 0 Å². The first-order valence-electron chi connectivity index (χ1n) is 2.43. The predicted octanol–water partition coefficient (Wildman–Crippen LogP) is 0.281. The number of aromatic nitrogens is 2. The van der Waals surface area contributed by atoms with Crippen molar-refractivity contribution in [3.05, 3.63) is 18.0 Å². The molecule has 0 radical (unpaired) electrons. The van der Waals surface area contributed by atoms with Gasteiger partial charge >= 0.3 is 6.09 Å². The minimum Gasteiger partial charge on any atom is -0.463 e. The van der Waals surface area contributed by atoms with Crippen molar-refractivity contribution >= 4 is 6.09 Å². The second kappa shape index (κ2) is 2.19. The van der Waals surface area contributed by atoms with E-state index in [-0.39, 0.29) is 5.69 Å². The largest absolute Gasteiger partial charge is 0.463 e. The fourth-order valence-electron chi connectivity index (χ4n) is 0.540. The third-order valence-corrected chi connectivity index (χ3v) is 0.938. The van der Waals surface area contributed by atoms with Crippen LogP contribution in [0, 0.1) is 11.3 Å². The van der Waals surface area contributed by atoms with Crippen LogP contribution >= 0.6 is 0 Å². The van der Waals surface area contributed by atoms with E-state index in [9.17, 15) is 4.79 Å². The second-order valence-corrected chi connectivity index (χ2v) is 1.52. The van der Waals surface area contributed by atoms with E-state index in [4.69, 9.17) is 10.4 Å². The summed E-state index contributed by atoms with van der Waals surface area (Å²) in [4.78, 5) is 10.2. The summed E-state index contributed by atoms with van der Waals surface area (Å²) >= 11 is 0. The lowest BCUT2D eigenvalue weighted by molar-refractivity contribution is 0.192. The Hall–Kier alpha value is -1.83. The molecule has 0 amide bonds. The van der Waals surface area contributed by atoms with Crippen LogP contribution in [-0.4, -0.2) is 21.0 Å². The zero-order valence-corrected chi connectivity index (χ0v) is 4.85. The summed E-state index contributed by atoms with van der Waals surface area (Å²) in [6, 6.07) is 3.00. The summed E-state index contributed by atoms with van der Waals surface area (Å²) < 4.78 is 0.611. The van der Waals surface area contributed by atoms with Gasteiger partial charge in [0.2, 0.25) is 0 Å². The molecule has 0 fully saturated rings. The predicted molar refractivity (Wildman–Crippen MR) is 30.4 cm³/mol. The van der Waals surface area contributed by atoms with E-state index in [1.807, 2.05) is 0 Å². The van der Waals surface area contributed by atoms with Crippen molar-refractivity contribution in [2.45, 2.75) is 0 Å². The molecule has 0 aliphatic heterocycles. The highest BCUT2D eigenvalue weighted by Crippen LogP contribution is 1.94. The SMILES string of the molecule is N#Cc1ccnn1C(=O)O. The lowest BCUT2D eigenvalue weighted by Crippen LogP contribution is -2.11. The maximum Gasteiger partial charge on any atom is 0.433 e. The van der Waals surface area contributed by atoms with Gasteiger partial charge < -0.3 is 5.11 Å². The fraction of sp³-hybridized carbons (Fsp3) is 0. The molecule has 0 unspecified atom stereocenters. The normalized spacial score (nSPS) is 8.70. The quantitative estimate of drug-likeness (QED) is 0.557. The van der Waals surface area contributed by atoms with E-state index in [1.54, 1.807) is 6.07 Å². The average molecular weight is 137 g/mol. The first kappa shape index (κ1) is 6.29. The highest BCUT2D eigenvalue weighted by molar-refractivity contribution is 5.68. The Balaban J connectivity index is 3.17. The Labute approximate surface area is 56.1 Å². The van der Waals surface area contributed by atoms with Gasteiger partial charge in [-0.15, -0.1) is 0 Å². The van der Waals surface area contributed by atoms with Crippen molar-refractivity contribution in [3.63, 3.8) is 0 Å². The van der Waals surface area contributed by atoms with Gasteiger partial charge in [-0.1, -0.05) is 0 Å². The van der Waals surface area contributed by atoms with Gasteiger partial charge in [0.1, 0.15) is 6.07 Å². The van der Waals surface area contributed by atoms with E-state index >= 15 is 0 Å². The van der Waals surface area contributed by atoms with E-state index in [1.165, 1.54) is 12.3 Å². The molecule has 50 valence electrons. The molecule has 1 N–H and O–H groups in total. The summed E-state index contributed by atoms with van der Waals surface area (Å²) in [6.45, 7) is 0. The Morgan fingerprint density at radius 1 is 1.90 bits per heavy atom. The molecule has 0 atom stereocenters. The Kier molecular flexibility index (Phi) is 1.38. The summed E-state index contributed by atoms with van der Waals surface area (Å²) in [5.41, 5.74) is 0.0208. The molecular weight excluding hydrogens is 134 g/mol. The maximum atomic E-state index is 10.2. The van der Waals surface area contributed by atoms with E-state index < -0.39 is 6.09 Å². The summed E-state index contributed by atoms with van der Waals surface area (Å²) in [5, 5.41) is 20.0. The molecular formula is C5H3N3O2. The lowest BCUT2D eigenvalue weighted by atomic mass is 10.5. The zero-order valence-electron chi connectivity index (χ0n) is 4.85. The fourth-order valence-corrected chi connectivity index (χ4v) is 0.540. The standard InChI is InChI=1S/C5H3N3O2/c6-3-4-1-2-7-8(4)5(9)10/h1-2H,(H,9,10). The number of hydrogen-bond donors (Lipinski definition) is 1. The highest BCUT2D eigenvalue weighted by atomic mass is 16.4. The Morgan fingerprint density at radius 3 is 3.00 bits per heavy atom. The first-order valence-corrected chi connectivity index (χ1v) is 2.43. The van der Waals surface area contributed by atoms with E-state index in [0.29, 0.717) is 4.68 Å². The van der Waals surface area contributed by atoms with Crippen LogP contribution in [0.3, 0.4) is 0 Å². The molecule has 0 spiro atoms. The third-order valence-electron chi connectivity index (χ3n) is 0.938. The van der Waals surface area contributed by atoms with Gasteiger partial charge in [-0.25, -0.2) is 4.79 Å². The number of carboxylic acid groups (broad SMARTS) is 1. The van der Waals surface area contributed by atoms with Crippen LogP contribution in [0.2, 0.25) is 0 Å². The van der Waals surface area contributed by atoms with Crippen LogP contribution in [0.1, 0.15) is 5.69 Å². The molecule has 1 aromatic heterocycles. The first-order chi connectivity index (χ1) is 4.75. The number of nitrogens with zero attached hydrogens (tertiary/aromatic N) is 3. The van der Waals surface area contributed by atoms with Crippen LogP contribution in [-0.2, 0) is 0 Å².